The molecule has 1 heterocycles. The summed E-state index contributed by atoms with van der Waals surface area (Å²) >= 11 is 0. The van der Waals surface area contributed by atoms with Gasteiger partial charge in [-0.1, -0.05) is 0 Å². The van der Waals surface area contributed by atoms with E-state index in [1.807, 2.05) is 4.72 Å². The van der Waals surface area contributed by atoms with Crippen molar-refractivity contribution >= 4 is 27.2 Å². The summed E-state index contributed by atoms with van der Waals surface area (Å²) in [6, 6.07) is 4.86. The normalized spacial score (nSPS) is 11.1. The van der Waals surface area contributed by atoms with Gasteiger partial charge in [-0.3, -0.25) is 14.8 Å². The number of hydrogen-bond acceptors (Lipinski definition) is 6. The number of hydrogen-bond donors (Lipinski definition) is 2. The van der Waals surface area contributed by atoms with Crippen molar-refractivity contribution in [1.82, 2.24) is 4.98 Å². The number of nitro groups is 1. The van der Waals surface area contributed by atoms with Gasteiger partial charge in [0.05, 0.1) is 21.6 Å². The molecule has 2 aromatic rings. The highest BCUT2D eigenvalue weighted by molar-refractivity contribution is 7.92. The minimum atomic E-state index is -4.07. The van der Waals surface area contributed by atoms with E-state index in [9.17, 15) is 22.9 Å². The number of pyridine rings is 1. The lowest BCUT2D eigenvalue weighted by atomic mass is 10.3. The monoisotopic (exact) mass is 312 g/mol. The van der Waals surface area contributed by atoms with Crippen LogP contribution in [0.2, 0.25) is 0 Å². The predicted octanol–water partition coefficient (Wildman–Crippen LogP) is 1.51. The standard InChI is InChI=1S/C11H9FN4O4S/c12-9-5-7(16(17)18)1-2-10(9)15-21(19,20)8-3-4-14-11(13)6-8/h1-6,15H,(H2,13,14). The fraction of sp³-hybridized carbons (Fsp3) is 0. The fourth-order valence-electron chi connectivity index (χ4n) is 1.50. The maximum atomic E-state index is 13.7. The molecule has 21 heavy (non-hydrogen) atoms. The zero-order valence-corrected chi connectivity index (χ0v) is 11.2. The average molecular weight is 312 g/mol. The van der Waals surface area contributed by atoms with Crippen molar-refractivity contribution in [3.05, 3.63) is 52.5 Å². The molecule has 0 atom stereocenters. The minimum Gasteiger partial charge on any atom is -0.384 e. The van der Waals surface area contributed by atoms with Crippen LogP contribution >= 0.6 is 0 Å². The molecule has 0 amide bonds. The Balaban J connectivity index is 2.35. The second kappa shape index (κ2) is 5.32. The molecule has 0 aliphatic carbocycles. The van der Waals surface area contributed by atoms with Gasteiger partial charge in [0, 0.05) is 18.3 Å². The van der Waals surface area contributed by atoms with Crippen molar-refractivity contribution in [2.75, 3.05) is 10.5 Å². The summed E-state index contributed by atoms with van der Waals surface area (Å²) in [5, 5.41) is 10.5. The van der Waals surface area contributed by atoms with E-state index in [-0.39, 0.29) is 10.7 Å². The van der Waals surface area contributed by atoms with Crippen molar-refractivity contribution in [2.45, 2.75) is 4.90 Å². The van der Waals surface area contributed by atoms with Crippen LogP contribution in [0.4, 0.5) is 21.6 Å². The molecule has 8 nitrogen and oxygen atoms in total. The van der Waals surface area contributed by atoms with Gasteiger partial charge in [-0.05, 0) is 12.1 Å². The van der Waals surface area contributed by atoms with E-state index in [2.05, 4.69) is 4.98 Å². The Morgan fingerprint density at radius 3 is 2.57 bits per heavy atom. The van der Waals surface area contributed by atoms with Gasteiger partial charge in [-0.15, -0.1) is 0 Å². The van der Waals surface area contributed by atoms with E-state index in [1.54, 1.807) is 0 Å². The quantitative estimate of drug-likeness (QED) is 0.650. The molecule has 0 spiro atoms. The van der Waals surface area contributed by atoms with Gasteiger partial charge in [-0.25, -0.2) is 17.8 Å². The summed E-state index contributed by atoms with van der Waals surface area (Å²) in [6.45, 7) is 0. The summed E-state index contributed by atoms with van der Waals surface area (Å²) in [5.41, 5.74) is 4.49. The first-order chi connectivity index (χ1) is 9.79. The molecule has 1 aromatic carbocycles. The number of sulfonamides is 1. The molecule has 0 saturated heterocycles. The number of nitro benzene ring substituents is 1. The molecule has 0 aliphatic heterocycles. The Morgan fingerprint density at radius 1 is 1.29 bits per heavy atom. The average Bonchev–Trinajstić information content (AvgIpc) is 2.40. The highest BCUT2D eigenvalue weighted by Crippen LogP contribution is 2.23. The number of benzene rings is 1. The fourth-order valence-corrected chi connectivity index (χ4v) is 2.59. The Morgan fingerprint density at radius 2 is 2.00 bits per heavy atom. The molecule has 2 rings (SSSR count). The highest BCUT2D eigenvalue weighted by atomic mass is 32.2. The van der Waals surface area contributed by atoms with Gasteiger partial charge in [0.25, 0.3) is 15.7 Å². The van der Waals surface area contributed by atoms with E-state index in [4.69, 9.17) is 5.73 Å². The Bertz CT molecular complexity index is 810. The number of nitrogens with one attached hydrogen (secondary N) is 1. The number of anilines is 2. The Kier molecular flexibility index (Phi) is 3.72. The summed E-state index contributed by atoms with van der Waals surface area (Å²) < 4.78 is 39.7. The van der Waals surface area contributed by atoms with Crippen LogP contribution in [0.3, 0.4) is 0 Å². The van der Waals surface area contributed by atoms with Crippen molar-refractivity contribution in [1.29, 1.82) is 0 Å². The van der Waals surface area contributed by atoms with E-state index in [0.29, 0.717) is 6.07 Å². The molecule has 0 bridgehead atoms. The van der Waals surface area contributed by atoms with E-state index < -0.39 is 32.1 Å². The first kappa shape index (κ1) is 14.7. The first-order valence-corrected chi connectivity index (χ1v) is 6.96. The molecule has 0 fully saturated rings. The second-order valence-electron chi connectivity index (χ2n) is 3.94. The predicted molar refractivity (Wildman–Crippen MR) is 72.5 cm³/mol. The SMILES string of the molecule is Nc1cc(S(=O)(=O)Nc2ccc([N+](=O)[O-])cc2F)ccn1. The van der Waals surface area contributed by atoms with Crippen molar-refractivity contribution in [3.8, 4) is 0 Å². The Labute approximate surface area is 118 Å². The largest absolute Gasteiger partial charge is 0.384 e. The molecule has 3 N–H and O–H groups in total. The summed E-state index contributed by atoms with van der Waals surface area (Å²) in [7, 11) is -4.07. The Hall–Kier alpha value is -2.75. The summed E-state index contributed by atoms with van der Waals surface area (Å²) in [6.07, 6.45) is 1.19. The third kappa shape index (κ3) is 3.23. The first-order valence-electron chi connectivity index (χ1n) is 5.48. The van der Waals surface area contributed by atoms with Gasteiger partial charge in [0.1, 0.15) is 5.82 Å². The lowest BCUT2D eigenvalue weighted by Gasteiger charge is -2.09. The summed E-state index contributed by atoms with van der Waals surface area (Å²) in [4.78, 5) is 13.1. The van der Waals surface area contributed by atoms with Crippen LogP contribution in [0.15, 0.2) is 41.4 Å². The topological polar surface area (TPSA) is 128 Å². The zero-order chi connectivity index (χ0) is 15.6. The van der Waals surface area contributed by atoms with Crippen molar-refractivity contribution in [2.24, 2.45) is 0 Å². The number of nitrogens with two attached hydrogens (primary N) is 1. The van der Waals surface area contributed by atoms with E-state index >= 15 is 0 Å². The smallest absolute Gasteiger partial charge is 0.272 e. The maximum Gasteiger partial charge on any atom is 0.272 e. The third-order valence-electron chi connectivity index (χ3n) is 2.47. The molecule has 0 aliphatic rings. The van der Waals surface area contributed by atoms with Crippen LogP contribution < -0.4 is 10.5 Å². The molecular weight excluding hydrogens is 303 g/mol. The zero-order valence-electron chi connectivity index (χ0n) is 10.4. The van der Waals surface area contributed by atoms with Crippen LogP contribution in [0.1, 0.15) is 0 Å². The van der Waals surface area contributed by atoms with Crippen LogP contribution in [-0.2, 0) is 10.0 Å². The minimum absolute atomic E-state index is 0.0120. The molecule has 0 radical (unpaired) electrons. The number of rotatable bonds is 4. The lowest BCUT2D eigenvalue weighted by molar-refractivity contribution is -0.385. The van der Waals surface area contributed by atoms with Crippen LogP contribution in [-0.4, -0.2) is 18.3 Å². The number of aromatic nitrogens is 1. The van der Waals surface area contributed by atoms with Crippen LogP contribution in [0, 0.1) is 15.9 Å². The number of non-ortho nitro benzene ring substituents is 1. The van der Waals surface area contributed by atoms with Crippen molar-refractivity contribution in [3.63, 3.8) is 0 Å². The van der Waals surface area contributed by atoms with Crippen LogP contribution in [0.5, 0.6) is 0 Å². The van der Waals surface area contributed by atoms with Crippen LogP contribution in [0.25, 0.3) is 0 Å². The summed E-state index contributed by atoms with van der Waals surface area (Å²) in [5.74, 6) is -1.07. The lowest BCUT2D eigenvalue weighted by Crippen LogP contribution is -2.14. The van der Waals surface area contributed by atoms with Gasteiger partial charge in [0.15, 0.2) is 5.82 Å². The van der Waals surface area contributed by atoms with Gasteiger partial charge >= 0.3 is 0 Å². The number of nitrogen functional groups attached to an aromatic ring is 1. The molecule has 0 unspecified atom stereocenters. The van der Waals surface area contributed by atoms with Gasteiger partial charge in [-0.2, -0.15) is 0 Å². The number of nitrogens with zero attached hydrogens (tertiary/aromatic N) is 2. The second-order valence-corrected chi connectivity index (χ2v) is 5.63. The van der Waals surface area contributed by atoms with Gasteiger partial charge in [0.2, 0.25) is 0 Å². The number of halogens is 1. The third-order valence-corrected chi connectivity index (χ3v) is 3.83. The molecular formula is C11H9FN4O4S. The van der Waals surface area contributed by atoms with Crippen molar-refractivity contribution < 1.29 is 17.7 Å². The van der Waals surface area contributed by atoms with Gasteiger partial charge < -0.3 is 5.73 Å². The van der Waals surface area contributed by atoms with E-state index in [1.165, 1.54) is 12.3 Å². The molecule has 110 valence electrons. The highest BCUT2D eigenvalue weighted by Gasteiger charge is 2.18. The molecule has 10 heteroatoms. The molecule has 0 saturated carbocycles. The van der Waals surface area contributed by atoms with E-state index in [0.717, 1.165) is 18.2 Å². The maximum absolute atomic E-state index is 13.7. The molecule has 1 aromatic heterocycles.